The summed E-state index contributed by atoms with van der Waals surface area (Å²) in [5.41, 5.74) is 1.89. The molecule has 0 spiro atoms. The summed E-state index contributed by atoms with van der Waals surface area (Å²) >= 11 is 0. The third-order valence-electron chi connectivity index (χ3n) is 6.07. The predicted octanol–water partition coefficient (Wildman–Crippen LogP) is 3.23. The van der Waals surface area contributed by atoms with Gasteiger partial charge in [-0.05, 0) is 74.7 Å². The van der Waals surface area contributed by atoms with Gasteiger partial charge in [0.05, 0.1) is 0 Å². The zero-order chi connectivity index (χ0) is 24.7. The first-order valence-electron chi connectivity index (χ1n) is 12.6. The Morgan fingerprint density at radius 2 is 1.71 bits per heavy atom. The summed E-state index contributed by atoms with van der Waals surface area (Å²) in [6.07, 6.45) is 7.34. The summed E-state index contributed by atoms with van der Waals surface area (Å²) in [5, 5.41) is 19.8. The van der Waals surface area contributed by atoms with Crippen molar-refractivity contribution < 1.29 is 14.7 Å². The standard InChI is InChI=1S/C28H38N4O3/c33-25-12-6-11-24(21-25)26-22-27(34)31-18-8-20-32(19-5-4-15-29-16-7-17-30-26)28(35)14-13-23-9-2-1-3-10-23/h1-3,6,9-14,21,26,29-30,33H,4-5,7-8,15-20,22H2,(H,31,34)/b14-13+. The molecule has 1 aliphatic heterocycles. The van der Waals surface area contributed by atoms with E-state index in [-0.39, 0.29) is 23.6 Å². The van der Waals surface area contributed by atoms with Gasteiger partial charge in [0.1, 0.15) is 5.75 Å². The second kappa shape index (κ2) is 15.0. The van der Waals surface area contributed by atoms with Crippen LogP contribution in [0.1, 0.15) is 49.3 Å². The normalized spacial score (nSPS) is 19.7. The minimum Gasteiger partial charge on any atom is -0.508 e. The molecule has 0 aromatic heterocycles. The maximum atomic E-state index is 12.9. The second-order valence-corrected chi connectivity index (χ2v) is 8.89. The number of phenols is 1. The predicted molar refractivity (Wildman–Crippen MR) is 140 cm³/mol. The molecule has 188 valence electrons. The van der Waals surface area contributed by atoms with Gasteiger partial charge in [-0.2, -0.15) is 0 Å². The van der Waals surface area contributed by atoms with Crippen LogP contribution in [0.25, 0.3) is 6.08 Å². The smallest absolute Gasteiger partial charge is 0.246 e. The van der Waals surface area contributed by atoms with E-state index in [1.54, 1.807) is 24.3 Å². The number of carbonyl (C=O) groups excluding carboxylic acids is 2. The van der Waals surface area contributed by atoms with E-state index in [4.69, 9.17) is 0 Å². The Morgan fingerprint density at radius 1 is 0.914 bits per heavy atom. The van der Waals surface area contributed by atoms with Crippen LogP contribution in [-0.4, -0.2) is 61.1 Å². The van der Waals surface area contributed by atoms with E-state index < -0.39 is 0 Å². The van der Waals surface area contributed by atoms with Gasteiger partial charge >= 0.3 is 0 Å². The average molecular weight is 479 g/mol. The highest BCUT2D eigenvalue weighted by atomic mass is 16.3. The molecule has 2 aromatic carbocycles. The van der Waals surface area contributed by atoms with E-state index in [0.29, 0.717) is 32.5 Å². The van der Waals surface area contributed by atoms with Crippen molar-refractivity contribution in [1.29, 1.82) is 0 Å². The topological polar surface area (TPSA) is 93.7 Å². The van der Waals surface area contributed by atoms with Crippen molar-refractivity contribution in [2.24, 2.45) is 0 Å². The molecule has 0 saturated carbocycles. The largest absolute Gasteiger partial charge is 0.508 e. The summed E-state index contributed by atoms with van der Waals surface area (Å²) in [6.45, 7) is 4.39. The first kappa shape index (κ1) is 26.4. The van der Waals surface area contributed by atoms with Gasteiger partial charge in [-0.25, -0.2) is 0 Å². The van der Waals surface area contributed by atoms with Crippen molar-refractivity contribution in [3.8, 4) is 5.75 Å². The first-order valence-corrected chi connectivity index (χ1v) is 12.6. The van der Waals surface area contributed by atoms with Gasteiger partial charge in [0, 0.05) is 38.2 Å². The fourth-order valence-corrected chi connectivity index (χ4v) is 4.14. The fraction of sp³-hybridized carbons (Fsp3) is 0.429. The molecule has 4 N–H and O–H groups in total. The number of benzene rings is 2. The van der Waals surface area contributed by atoms with Crippen LogP contribution in [0.5, 0.6) is 5.75 Å². The van der Waals surface area contributed by atoms with Crippen LogP contribution >= 0.6 is 0 Å². The molecule has 35 heavy (non-hydrogen) atoms. The van der Waals surface area contributed by atoms with E-state index >= 15 is 0 Å². The van der Waals surface area contributed by atoms with Crippen molar-refractivity contribution in [1.82, 2.24) is 20.9 Å². The molecule has 1 aliphatic rings. The Balaban J connectivity index is 1.59. The highest BCUT2D eigenvalue weighted by molar-refractivity contribution is 5.91. The van der Waals surface area contributed by atoms with Gasteiger partial charge in [0.25, 0.3) is 0 Å². The molecule has 3 rings (SSSR count). The Kier molecular flexibility index (Phi) is 11.3. The van der Waals surface area contributed by atoms with Crippen LogP contribution < -0.4 is 16.0 Å². The van der Waals surface area contributed by atoms with Gasteiger partial charge in [0.2, 0.25) is 11.8 Å². The molecule has 7 nitrogen and oxygen atoms in total. The van der Waals surface area contributed by atoms with E-state index in [0.717, 1.165) is 50.0 Å². The van der Waals surface area contributed by atoms with E-state index in [9.17, 15) is 14.7 Å². The summed E-state index contributed by atoms with van der Waals surface area (Å²) in [5.74, 6) is 0.148. The number of phenolic OH excluding ortho intramolecular Hbond substituents is 1. The van der Waals surface area contributed by atoms with Crippen molar-refractivity contribution >= 4 is 17.9 Å². The molecule has 2 aromatic rings. The Labute approximate surface area is 208 Å². The molecule has 0 aliphatic carbocycles. The quantitative estimate of drug-likeness (QED) is 0.508. The summed E-state index contributed by atoms with van der Waals surface area (Å²) in [4.78, 5) is 27.4. The monoisotopic (exact) mass is 478 g/mol. The maximum absolute atomic E-state index is 12.9. The number of carbonyl (C=O) groups is 2. The molecular formula is C28H38N4O3. The van der Waals surface area contributed by atoms with Crippen LogP contribution in [-0.2, 0) is 9.59 Å². The summed E-state index contributed by atoms with van der Waals surface area (Å²) < 4.78 is 0. The number of amides is 2. The minimum atomic E-state index is -0.168. The number of hydrogen-bond donors (Lipinski definition) is 4. The average Bonchev–Trinajstić information content (AvgIpc) is 2.87. The molecule has 1 atom stereocenters. The lowest BCUT2D eigenvalue weighted by Gasteiger charge is -2.22. The van der Waals surface area contributed by atoms with E-state index in [1.807, 2.05) is 47.4 Å². The number of aromatic hydroxyl groups is 1. The van der Waals surface area contributed by atoms with Crippen molar-refractivity contribution in [3.63, 3.8) is 0 Å². The molecule has 1 saturated heterocycles. The van der Waals surface area contributed by atoms with E-state index in [2.05, 4.69) is 16.0 Å². The van der Waals surface area contributed by atoms with Gasteiger partial charge in [0.15, 0.2) is 0 Å². The fourth-order valence-electron chi connectivity index (χ4n) is 4.14. The van der Waals surface area contributed by atoms with Crippen LogP contribution in [0.4, 0.5) is 0 Å². The van der Waals surface area contributed by atoms with Crippen LogP contribution in [0, 0.1) is 0 Å². The molecule has 0 bridgehead atoms. The van der Waals surface area contributed by atoms with Crippen molar-refractivity contribution in [2.45, 2.75) is 38.1 Å². The number of hydrogen-bond acceptors (Lipinski definition) is 5. The third-order valence-corrected chi connectivity index (χ3v) is 6.07. The molecule has 1 fully saturated rings. The molecule has 0 radical (unpaired) electrons. The first-order chi connectivity index (χ1) is 17.1. The highest BCUT2D eigenvalue weighted by Gasteiger charge is 2.17. The Bertz CT molecular complexity index is 948. The van der Waals surface area contributed by atoms with Crippen molar-refractivity contribution in [2.75, 3.05) is 39.3 Å². The SMILES string of the molecule is O=C1CC(c2cccc(O)c2)NCCCNCCCCN(C(=O)/C=C/c2ccccc2)CCCN1. The maximum Gasteiger partial charge on any atom is 0.246 e. The van der Waals surface area contributed by atoms with E-state index in [1.165, 1.54) is 0 Å². The molecule has 1 heterocycles. The molecule has 1 unspecified atom stereocenters. The molecule has 7 heteroatoms. The lowest BCUT2D eigenvalue weighted by molar-refractivity contribution is -0.126. The van der Waals surface area contributed by atoms with Gasteiger partial charge in [-0.15, -0.1) is 0 Å². The highest BCUT2D eigenvalue weighted by Crippen LogP contribution is 2.21. The zero-order valence-corrected chi connectivity index (χ0v) is 20.4. The number of nitrogens with one attached hydrogen (secondary N) is 3. The molecule has 2 amide bonds. The van der Waals surface area contributed by atoms with Crippen molar-refractivity contribution in [3.05, 3.63) is 71.8 Å². The number of nitrogens with zero attached hydrogens (tertiary/aromatic N) is 1. The molecular weight excluding hydrogens is 440 g/mol. The van der Waals surface area contributed by atoms with Gasteiger partial charge in [-0.1, -0.05) is 42.5 Å². The third kappa shape index (κ3) is 9.92. The lowest BCUT2D eigenvalue weighted by Crippen LogP contribution is -2.35. The second-order valence-electron chi connectivity index (χ2n) is 8.89. The number of rotatable bonds is 3. The van der Waals surface area contributed by atoms with Crippen LogP contribution in [0.2, 0.25) is 0 Å². The Morgan fingerprint density at radius 3 is 2.54 bits per heavy atom. The minimum absolute atomic E-state index is 0.000737. The summed E-state index contributed by atoms with van der Waals surface area (Å²) in [6, 6.07) is 16.7. The Hall–Kier alpha value is -3.16. The van der Waals surface area contributed by atoms with Crippen LogP contribution in [0.3, 0.4) is 0 Å². The van der Waals surface area contributed by atoms with Crippen LogP contribution in [0.15, 0.2) is 60.7 Å². The summed E-state index contributed by atoms with van der Waals surface area (Å²) in [7, 11) is 0. The van der Waals surface area contributed by atoms with Gasteiger partial charge in [-0.3, -0.25) is 9.59 Å². The lowest BCUT2D eigenvalue weighted by atomic mass is 10.0. The zero-order valence-electron chi connectivity index (χ0n) is 20.4. The van der Waals surface area contributed by atoms with Gasteiger partial charge < -0.3 is 26.0 Å².